The van der Waals surface area contributed by atoms with Gasteiger partial charge in [0.15, 0.2) is 11.5 Å². The molecule has 0 unspecified atom stereocenters. The first-order chi connectivity index (χ1) is 5.75. The van der Waals surface area contributed by atoms with E-state index < -0.39 is 0 Å². The number of para-hydroxylation sites is 1. The predicted octanol–water partition coefficient (Wildman–Crippen LogP) is 2.22. The van der Waals surface area contributed by atoms with Crippen molar-refractivity contribution in [3.8, 4) is 11.5 Å². The second-order valence-corrected chi connectivity index (χ2v) is 2.56. The Morgan fingerprint density at radius 3 is 2.75 bits per heavy atom. The molecule has 64 valence electrons. The van der Waals surface area contributed by atoms with E-state index in [9.17, 15) is 5.11 Å². The molecule has 12 heavy (non-hydrogen) atoms. The first-order valence-corrected chi connectivity index (χ1v) is 3.86. The van der Waals surface area contributed by atoms with Crippen LogP contribution in [0, 0.1) is 0 Å². The topological polar surface area (TPSA) is 40.5 Å². The maximum atomic E-state index is 9.34. The van der Waals surface area contributed by atoms with Crippen LogP contribution >= 0.6 is 0 Å². The lowest BCUT2D eigenvalue weighted by atomic mass is 10.1. The van der Waals surface area contributed by atoms with Gasteiger partial charge in [0, 0.05) is 5.56 Å². The molecule has 0 aliphatic carbocycles. The summed E-state index contributed by atoms with van der Waals surface area (Å²) in [5.74, 6) is -0.0763. The molecule has 1 rings (SSSR count). The minimum Gasteiger partial charge on any atom is -0.504 e. The molecule has 0 amide bonds. The Hall–Kier alpha value is -1.44. The molecule has 2 heteroatoms. The summed E-state index contributed by atoms with van der Waals surface area (Å²) in [5, 5.41) is 18.5. The number of phenolic OH excluding ortho intramolecular Hbond substituents is 2. The Kier molecular flexibility index (Phi) is 2.75. The largest absolute Gasteiger partial charge is 0.504 e. The van der Waals surface area contributed by atoms with Crippen molar-refractivity contribution in [3.05, 3.63) is 35.9 Å². The molecule has 0 atom stereocenters. The first-order valence-electron chi connectivity index (χ1n) is 3.86. The molecule has 2 nitrogen and oxygen atoms in total. The zero-order valence-electron chi connectivity index (χ0n) is 6.99. The fourth-order valence-corrected chi connectivity index (χ4v) is 0.987. The number of rotatable bonds is 2. The molecule has 0 aliphatic heterocycles. The van der Waals surface area contributed by atoms with E-state index in [1.165, 1.54) is 6.07 Å². The first kappa shape index (κ1) is 8.65. The Bertz CT molecular complexity index is 290. The predicted molar refractivity (Wildman–Crippen MR) is 48.3 cm³/mol. The SMILES string of the molecule is CC=CCc1cccc(O)c1O. The highest BCUT2D eigenvalue weighted by Gasteiger charge is 2.02. The van der Waals surface area contributed by atoms with Crippen molar-refractivity contribution in [1.82, 2.24) is 0 Å². The van der Waals surface area contributed by atoms with E-state index in [1.807, 2.05) is 19.1 Å². The highest BCUT2D eigenvalue weighted by molar-refractivity contribution is 5.44. The van der Waals surface area contributed by atoms with E-state index in [-0.39, 0.29) is 11.5 Å². The Morgan fingerprint density at radius 1 is 1.33 bits per heavy atom. The summed E-state index contributed by atoms with van der Waals surface area (Å²) in [6.07, 6.45) is 4.48. The van der Waals surface area contributed by atoms with Gasteiger partial charge in [-0.25, -0.2) is 0 Å². The summed E-state index contributed by atoms with van der Waals surface area (Å²) in [7, 11) is 0. The van der Waals surface area contributed by atoms with Crippen LogP contribution in [0.2, 0.25) is 0 Å². The monoisotopic (exact) mass is 164 g/mol. The molecule has 0 aromatic heterocycles. The number of allylic oxidation sites excluding steroid dienone is 2. The van der Waals surface area contributed by atoms with Crippen LogP contribution in [0.1, 0.15) is 12.5 Å². The van der Waals surface area contributed by atoms with Crippen LogP contribution in [0.4, 0.5) is 0 Å². The van der Waals surface area contributed by atoms with Gasteiger partial charge < -0.3 is 10.2 Å². The van der Waals surface area contributed by atoms with Gasteiger partial charge in [-0.3, -0.25) is 0 Å². The summed E-state index contributed by atoms with van der Waals surface area (Å²) in [5.41, 5.74) is 0.744. The minimum absolute atomic E-state index is 0.0180. The molecule has 2 N–H and O–H groups in total. The van der Waals surface area contributed by atoms with E-state index >= 15 is 0 Å². The van der Waals surface area contributed by atoms with Crippen molar-refractivity contribution >= 4 is 0 Å². The molecule has 1 aromatic rings. The molecule has 0 heterocycles. The van der Waals surface area contributed by atoms with Crippen molar-refractivity contribution < 1.29 is 10.2 Å². The van der Waals surface area contributed by atoms with Gasteiger partial charge in [-0.1, -0.05) is 24.3 Å². The highest BCUT2D eigenvalue weighted by Crippen LogP contribution is 2.28. The maximum Gasteiger partial charge on any atom is 0.160 e. The third-order valence-electron chi connectivity index (χ3n) is 1.67. The average Bonchev–Trinajstić information content (AvgIpc) is 2.08. The van der Waals surface area contributed by atoms with E-state index in [1.54, 1.807) is 12.1 Å². The van der Waals surface area contributed by atoms with Crippen LogP contribution in [0.3, 0.4) is 0 Å². The summed E-state index contributed by atoms with van der Waals surface area (Å²) < 4.78 is 0. The summed E-state index contributed by atoms with van der Waals surface area (Å²) >= 11 is 0. The third kappa shape index (κ3) is 1.78. The van der Waals surface area contributed by atoms with Crippen molar-refractivity contribution in [1.29, 1.82) is 0 Å². The van der Waals surface area contributed by atoms with Gasteiger partial charge in [-0.2, -0.15) is 0 Å². The van der Waals surface area contributed by atoms with Gasteiger partial charge in [-0.05, 0) is 19.4 Å². The lowest BCUT2D eigenvalue weighted by molar-refractivity contribution is 0.400. The van der Waals surface area contributed by atoms with Crippen LogP contribution in [-0.4, -0.2) is 10.2 Å². The van der Waals surface area contributed by atoms with Gasteiger partial charge in [0.25, 0.3) is 0 Å². The second kappa shape index (κ2) is 3.81. The summed E-state index contributed by atoms with van der Waals surface area (Å²) in [6, 6.07) is 4.97. The van der Waals surface area contributed by atoms with Gasteiger partial charge in [0.1, 0.15) is 0 Å². The zero-order valence-corrected chi connectivity index (χ0v) is 6.99. The van der Waals surface area contributed by atoms with Crippen LogP contribution < -0.4 is 0 Å². The van der Waals surface area contributed by atoms with E-state index in [0.29, 0.717) is 6.42 Å². The molecule has 0 saturated carbocycles. The van der Waals surface area contributed by atoms with Crippen LogP contribution in [0.15, 0.2) is 30.4 Å². The Morgan fingerprint density at radius 2 is 2.08 bits per heavy atom. The minimum atomic E-state index is -0.0583. The quantitative estimate of drug-likeness (QED) is 0.519. The average molecular weight is 164 g/mol. The third-order valence-corrected chi connectivity index (χ3v) is 1.67. The van der Waals surface area contributed by atoms with E-state index in [0.717, 1.165) is 5.56 Å². The Labute approximate surface area is 71.8 Å². The number of benzene rings is 1. The summed E-state index contributed by atoms with van der Waals surface area (Å²) in [6.45, 7) is 1.92. The lowest BCUT2D eigenvalue weighted by Crippen LogP contribution is -1.81. The normalized spacial score (nSPS) is 10.8. The maximum absolute atomic E-state index is 9.34. The number of aromatic hydroxyl groups is 2. The van der Waals surface area contributed by atoms with Crippen molar-refractivity contribution in [3.63, 3.8) is 0 Å². The molecule has 1 aromatic carbocycles. The number of hydrogen-bond donors (Lipinski definition) is 2. The van der Waals surface area contributed by atoms with Crippen molar-refractivity contribution in [2.75, 3.05) is 0 Å². The van der Waals surface area contributed by atoms with Gasteiger partial charge in [0.05, 0.1) is 0 Å². The standard InChI is InChI=1S/C10H12O2/c1-2-3-5-8-6-4-7-9(11)10(8)12/h2-4,6-7,11-12H,5H2,1H3. The molecule has 0 aliphatic rings. The Balaban J connectivity index is 2.92. The molecule has 0 fully saturated rings. The molecular formula is C10H12O2. The second-order valence-electron chi connectivity index (χ2n) is 2.56. The lowest BCUT2D eigenvalue weighted by Gasteiger charge is -2.02. The molecule has 0 radical (unpaired) electrons. The van der Waals surface area contributed by atoms with Crippen LogP contribution in [0.5, 0.6) is 11.5 Å². The molecule has 0 spiro atoms. The van der Waals surface area contributed by atoms with E-state index in [4.69, 9.17) is 5.11 Å². The molecule has 0 bridgehead atoms. The van der Waals surface area contributed by atoms with Crippen LogP contribution in [0.25, 0.3) is 0 Å². The van der Waals surface area contributed by atoms with Crippen LogP contribution in [-0.2, 0) is 6.42 Å². The van der Waals surface area contributed by atoms with Gasteiger partial charge in [-0.15, -0.1) is 0 Å². The summed E-state index contributed by atoms with van der Waals surface area (Å²) in [4.78, 5) is 0. The molecular weight excluding hydrogens is 152 g/mol. The fraction of sp³-hybridized carbons (Fsp3) is 0.200. The number of phenols is 2. The van der Waals surface area contributed by atoms with Gasteiger partial charge >= 0.3 is 0 Å². The fourth-order valence-electron chi connectivity index (χ4n) is 0.987. The van der Waals surface area contributed by atoms with Crippen molar-refractivity contribution in [2.45, 2.75) is 13.3 Å². The molecule has 0 saturated heterocycles. The van der Waals surface area contributed by atoms with Gasteiger partial charge in [0.2, 0.25) is 0 Å². The number of hydrogen-bond acceptors (Lipinski definition) is 2. The van der Waals surface area contributed by atoms with E-state index in [2.05, 4.69) is 0 Å². The van der Waals surface area contributed by atoms with Crippen molar-refractivity contribution in [2.24, 2.45) is 0 Å². The highest BCUT2D eigenvalue weighted by atomic mass is 16.3. The smallest absolute Gasteiger partial charge is 0.160 e. The zero-order chi connectivity index (χ0) is 8.97.